The summed E-state index contributed by atoms with van der Waals surface area (Å²) in [5, 5.41) is 0. The maximum absolute atomic E-state index is 13.4. The molecular formula is C17H19F2N3O. The molecule has 0 radical (unpaired) electrons. The van der Waals surface area contributed by atoms with E-state index in [4.69, 9.17) is 5.73 Å². The molecule has 2 aromatic rings. The number of fused-ring (bicyclic) bond motifs is 1. The first-order valence-electron chi connectivity index (χ1n) is 7.69. The Balaban J connectivity index is 1.95. The first-order valence-corrected chi connectivity index (χ1v) is 7.69. The van der Waals surface area contributed by atoms with Crippen molar-refractivity contribution in [2.45, 2.75) is 43.9 Å². The maximum Gasteiger partial charge on any atom is 0.248 e. The van der Waals surface area contributed by atoms with Gasteiger partial charge in [0, 0.05) is 37.0 Å². The predicted molar refractivity (Wildman–Crippen MR) is 83.4 cm³/mol. The van der Waals surface area contributed by atoms with E-state index in [1.54, 1.807) is 0 Å². The summed E-state index contributed by atoms with van der Waals surface area (Å²) in [5.41, 5.74) is 7.25. The first-order chi connectivity index (χ1) is 10.9. The third-order valence-corrected chi connectivity index (χ3v) is 4.47. The number of halogens is 2. The topological polar surface area (TPSA) is 60.4 Å². The Morgan fingerprint density at radius 2 is 2.09 bits per heavy atom. The average Bonchev–Trinajstić information content (AvgIpc) is 2.86. The number of hydrogen-bond acceptors (Lipinski definition) is 2. The molecule has 2 heterocycles. The van der Waals surface area contributed by atoms with E-state index in [0.717, 1.165) is 11.2 Å². The largest absolute Gasteiger partial charge is 0.366 e. The molecule has 122 valence electrons. The van der Waals surface area contributed by atoms with Gasteiger partial charge >= 0.3 is 0 Å². The molecular weight excluding hydrogens is 300 g/mol. The van der Waals surface area contributed by atoms with Crippen LogP contribution in [0.3, 0.4) is 0 Å². The van der Waals surface area contributed by atoms with Crippen LogP contribution in [0.2, 0.25) is 0 Å². The molecule has 0 spiro atoms. The van der Waals surface area contributed by atoms with Gasteiger partial charge in [-0.05, 0) is 25.0 Å². The van der Waals surface area contributed by atoms with Crippen molar-refractivity contribution >= 4 is 11.4 Å². The summed E-state index contributed by atoms with van der Waals surface area (Å²) < 4.78 is 28.7. The van der Waals surface area contributed by atoms with Crippen LogP contribution in [0.25, 0.3) is 5.52 Å². The highest BCUT2D eigenvalue weighted by Crippen LogP contribution is 2.41. The minimum absolute atomic E-state index is 0.0163. The molecule has 3 rings (SSSR count). The molecule has 0 atom stereocenters. The molecule has 1 aliphatic carbocycles. The summed E-state index contributed by atoms with van der Waals surface area (Å²) >= 11 is 0. The van der Waals surface area contributed by atoms with E-state index in [1.807, 2.05) is 28.8 Å². The summed E-state index contributed by atoms with van der Waals surface area (Å²) in [7, 11) is 0. The molecule has 6 heteroatoms. The van der Waals surface area contributed by atoms with Gasteiger partial charge in [-0.15, -0.1) is 0 Å². The van der Waals surface area contributed by atoms with E-state index in [9.17, 15) is 13.6 Å². The number of carbonyl (C=O) groups excluding carboxylic acids is 1. The number of carbonyl (C=O) groups is 1. The molecule has 1 amide bonds. The maximum atomic E-state index is 13.4. The monoisotopic (exact) mass is 319 g/mol. The van der Waals surface area contributed by atoms with Crippen LogP contribution in [0.5, 0.6) is 0 Å². The Bertz CT molecular complexity index is 756. The lowest BCUT2D eigenvalue weighted by atomic mass is 9.84. The second-order valence-corrected chi connectivity index (χ2v) is 6.14. The second-order valence-electron chi connectivity index (χ2n) is 6.14. The Hall–Kier alpha value is -2.24. The number of aromatic nitrogens is 2. The van der Waals surface area contributed by atoms with E-state index in [1.165, 1.54) is 0 Å². The number of amides is 1. The SMILES string of the molecule is C=C(Cc1nc(C2CCC(F)(F)CC2)c2ccccn12)C(N)=O. The fourth-order valence-corrected chi connectivity index (χ4v) is 3.14. The highest BCUT2D eigenvalue weighted by atomic mass is 19.3. The highest BCUT2D eigenvalue weighted by molar-refractivity contribution is 5.91. The van der Waals surface area contributed by atoms with E-state index in [-0.39, 0.29) is 30.8 Å². The molecule has 0 aliphatic heterocycles. The lowest BCUT2D eigenvalue weighted by Crippen LogP contribution is -2.23. The van der Waals surface area contributed by atoms with Gasteiger partial charge < -0.3 is 10.1 Å². The van der Waals surface area contributed by atoms with Crippen LogP contribution in [0.4, 0.5) is 8.78 Å². The van der Waals surface area contributed by atoms with Crippen molar-refractivity contribution in [1.82, 2.24) is 9.38 Å². The van der Waals surface area contributed by atoms with Crippen molar-refractivity contribution < 1.29 is 13.6 Å². The van der Waals surface area contributed by atoms with Crippen LogP contribution in [-0.4, -0.2) is 21.2 Å². The standard InChI is InChI=1S/C17H19F2N3O/c1-11(16(20)23)10-14-21-15(13-4-2-3-9-22(13)14)12-5-7-17(18,19)8-6-12/h2-4,9,12H,1,5-8,10H2,(H2,20,23). The number of rotatable bonds is 4. The number of nitrogens with zero attached hydrogens (tertiary/aromatic N) is 2. The number of hydrogen-bond donors (Lipinski definition) is 1. The molecule has 2 aromatic heterocycles. The zero-order valence-electron chi connectivity index (χ0n) is 12.8. The summed E-state index contributed by atoms with van der Waals surface area (Å²) in [4.78, 5) is 15.9. The van der Waals surface area contributed by atoms with Gasteiger partial charge in [0.15, 0.2) is 0 Å². The van der Waals surface area contributed by atoms with Gasteiger partial charge in [0.05, 0.1) is 11.2 Å². The van der Waals surface area contributed by atoms with Crippen molar-refractivity contribution in [3.05, 3.63) is 48.1 Å². The number of pyridine rings is 1. The highest BCUT2D eigenvalue weighted by Gasteiger charge is 2.36. The quantitative estimate of drug-likeness (QED) is 0.880. The van der Waals surface area contributed by atoms with Gasteiger partial charge in [-0.2, -0.15) is 0 Å². The number of imidazole rings is 1. The zero-order valence-corrected chi connectivity index (χ0v) is 12.8. The number of alkyl halides is 2. The van der Waals surface area contributed by atoms with Gasteiger partial charge in [-0.3, -0.25) is 4.79 Å². The molecule has 1 aliphatic rings. The van der Waals surface area contributed by atoms with Crippen LogP contribution in [-0.2, 0) is 11.2 Å². The summed E-state index contributed by atoms with van der Waals surface area (Å²) in [5.74, 6) is -2.44. The minimum atomic E-state index is -2.56. The lowest BCUT2D eigenvalue weighted by molar-refractivity contribution is -0.114. The molecule has 4 nitrogen and oxygen atoms in total. The van der Waals surface area contributed by atoms with Gasteiger partial charge in [0.25, 0.3) is 0 Å². The van der Waals surface area contributed by atoms with E-state index in [2.05, 4.69) is 11.6 Å². The van der Waals surface area contributed by atoms with Crippen molar-refractivity contribution in [3.8, 4) is 0 Å². The second kappa shape index (κ2) is 5.76. The smallest absolute Gasteiger partial charge is 0.248 e. The molecule has 1 saturated carbocycles. The van der Waals surface area contributed by atoms with Crippen molar-refractivity contribution in [3.63, 3.8) is 0 Å². The average molecular weight is 319 g/mol. The van der Waals surface area contributed by atoms with Gasteiger partial charge in [-0.1, -0.05) is 12.6 Å². The molecule has 0 unspecified atom stereocenters. The summed E-state index contributed by atoms with van der Waals surface area (Å²) in [6.07, 6.45) is 2.74. The van der Waals surface area contributed by atoms with Gasteiger partial charge in [0.1, 0.15) is 5.82 Å². The third-order valence-electron chi connectivity index (χ3n) is 4.47. The number of primary amides is 1. The predicted octanol–water partition coefficient (Wildman–Crippen LogP) is 3.21. The van der Waals surface area contributed by atoms with Gasteiger partial charge in [-0.25, -0.2) is 13.8 Å². The number of nitrogens with two attached hydrogens (primary N) is 1. The molecule has 0 saturated heterocycles. The van der Waals surface area contributed by atoms with Crippen LogP contribution >= 0.6 is 0 Å². The molecule has 2 N–H and O–H groups in total. The van der Waals surface area contributed by atoms with Crippen molar-refractivity contribution in [1.29, 1.82) is 0 Å². The zero-order chi connectivity index (χ0) is 16.6. The van der Waals surface area contributed by atoms with Crippen molar-refractivity contribution in [2.75, 3.05) is 0 Å². The summed E-state index contributed by atoms with van der Waals surface area (Å²) in [6.45, 7) is 3.67. The van der Waals surface area contributed by atoms with E-state index >= 15 is 0 Å². The molecule has 1 fully saturated rings. The first kappa shape index (κ1) is 15.6. The van der Waals surface area contributed by atoms with Gasteiger partial charge in [0.2, 0.25) is 11.8 Å². The van der Waals surface area contributed by atoms with Crippen LogP contribution in [0.15, 0.2) is 36.5 Å². The van der Waals surface area contributed by atoms with E-state index in [0.29, 0.717) is 18.7 Å². The van der Waals surface area contributed by atoms with Crippen molar-refractivity contribution in [2.24, 2.45) is 5.73 Å². The third kappa shape index (κ3) is 3.11. The molecule has 0 bridgehead atoms. The normalized spacial score (nSPS) is 18.2. The summed E-state index contributed by atoms with van der Waals surface area (Å²) in [6, 6.07) is 5.68. The lowest BCUT2D eigenvalue weighted by Gasteiger charge is -2.27. The Morgan fingerprint density at radius 1 is 1.39 bits per heavy atom. The fraction of sp³-hybridized carbons (Fsp3) is 0.412. The minimum Gasteiger partial charge on any atom is -0.366 e. The Morgan fingerprint density at radius 3 is 2.74 bits per heavy atom. The Kier molecular flexibility index (Phi) is 3.92. The Labute approximate surface area is 133 Å². The fourth-order valence-electron chi connectivity index (χ4n) is 3.14. The molecule has 23 heavy (non-hydrogen) atoms. The van der Waals surface area contributed by atoms with Crippen LogP contribution in [0.1, 0.15) is 43.1 Å². The molecule has 0 aromatic carbocycles. The van der Waals surface area contributed by atoms with E-state index < -0.39 is 11.8 Å². The van der Waals surface area contributed by atoms with Crippen LogP contribution in [0, 0.1) is 0 Å². The van der Waals surface area contributed by atoms with Crippen LogP contribution < -0.4 is 5.73 Å².